The Labute approximate surface area is 194 Å². The lowest BCUT2D eigenvalue weighted by atomic mass is 10.0. The van der Waals surface area contributed by atoms with Crippen LogP contribution in [0.15, 0.2) is 55.0 Å². The number of halogens is 2. The summed E-state index contributed by atoms with van der Waals surface area (Å²) in [5.41, 5.74) is 4.37. The highest BCUT2D eigenvalue weighted by Crippen LogP contribution is 2.32. The molecule has 0 radical (unpaired) electrons. The largest absolute Gasteiger partial charge is 0.344 e. The predicted octanol–water partition coefficient (Wildman–Crippen LogP) is 3.79. The van der Waals surface area contributed by atoms with Crippen LogP contribution in [-0.2, 0) is 6.54 Å². The zero-order valence-electron chi connectivity index (χ0n) is 18.7. The lowest BCUT2D eigenvalue weighted by molar-refractivity contribution is -0.0267. The summed E-state index contributed by atoms with van der Waals surface area (Å²) in [5, 5.41) is 10.6. The molecule has 0 unspecified atom stereocenters. The Morgan fingerprint density at radius 3 is 2.74 bits per heavy atom. The van der Waals surface area contributed by atoms with Crippen molar-refractivity contribution in [3.63, 3.8) is 0 Å². The predicted molar refractivity (Wildman–Crippen MR) is 126 cm³/mol. The maximum atomic E-state index is 13.2. The second-order valence-corrected chi connectivity index (χ2v) is 8.72. The number of rotatable bonds is 6. The Hall–Kier alpha value is -3.92. The van der Waals surface area contributed by atoms with Gasteiger partial charge in [-0.1, -0.05) is 6.07 Å². The van der Waals surface area contributed by atoms with E-state index in [9.17, 15) is 13.6 Å². The molecule has 0 saturated carbocycles. The standard InChI is InChI=1S/C24H23F2N7O/c1-32(2)12-15-7-17(11-27-10-15)16-3-4-20-19(8-16)22(31-30-20)23(34)29-18-5-6-28-21(9-18)33-13-24(25,26)14-33/h3-11H,12-14H2,1-2H3,(H,30,31)(H,28,29,34). The number of hydrogen-bond donors (Lipinski definition) is 2. The second-order valence-electron chi connectivity index (χ2n) is 8.72. The molecule has 1 fully saturated rings. The first kappa shape index (κ1) is 21.9. The number of aromatic amines is 1. The number of hydrogen-bond acceptors (Lipinski definition) is 6. The summed E-state index contributed by atoms with van der Waals surface area (Å²) in [7, 11) is 4.00. The molecule has 5 rings (SSSR count). The van der Waals surface area contributed by atoms with Crippen LogP contribution in [-0.4, -0.2) is 64.1 Å². The average molecular weight is 463 g/mol. The number of fused-ring (bicyclic) bond motifs is 1. The first-order valence-electron chi connectivity index (χ1n) is 10.7. The van der Waals surface area contributed by atoms with Crippen LogP contribution in [0.25, 0.3) is 22.0 Å². The molecule has 2 N–H and O–H groups in total. The molecular weight excluding hydrogens is 440 g/mol. The molecule has 34 heavy (non-hydrogen) atoms. The highest BCUT2D eigenvalue weighted by Gasteiger charge is 2.44. The van der Waals surface area contributed by atoms with Gasteiger partial charge < -0.3 is 15.1 Å². The molecule has 1 saturated heterocycles. The van der Waals surface area contributed by atoms with E-state index in [1.807, 2.05) is 38.5 Å². The van der Waals surface area contributed by atoms with Crippen molar-refractivity contribution in [1.29, 1.82) is 0 Å². The van der Waals surface area contributed by atoms with Gasteiger partial charge in [0.05, 0.1) is 18.6 Å². The van der Waals surface area contributed by atoms with Gasteiger partial charge in [-0.3, -0.25) is 14.9 Å². The number of benzene rings is 1. The Bertz CT molecular complexity index is 1360. The van der Waals surface area contributed by atoms with E-state index in [0.29, 0.717) is 16.9 Å². The smallest absolute Gasteiger partial charge is 0.282 e. The molecule has 1 amide bonds. The van der Waals surface area contributed by atoms with Gasteiger partial charge in [0.25, 0.3) is 11.8 Å². The number of H-pyrrole nitrogens is 1. The van der Waals surface area contributed by atoms with Crippen LogP contribution in [0.3, 0.4) is 0 Å². The van der Waals surface area contributed by atoms with Gasteiger partial charge in [-0.05, 0) is 49.5 Å². The molecule has 1 aliphatic rings. The molecule has 0 bridgehead atoms. The molecule has 4 aromatic rings. The minimum absolute atomic E-state index is 0.239. The summed E-state index contributed by atoms with van der Waals surface area (Å²) >= 11 is 0. The number of nitrogens with zero attached hydrogens (tertiary/aromatic N) is 5. The van der Waals surface area contributed by atoms with E-state index >= 15 is 0 Å². The lowest BCUT2D eigenvalue weighted by Crippen LogP contribution is -2.56. The molecular formula is C24H23F2N7O. The van der Waals surface area contributed by atoms with Crippen LogP contribution in [0.2, 0.25) is 0 Å². The van der Waals surface area contributed by atoms with E-state index in [-0.39, 0.29) is 18.8 Å². The van der Waals surface area contributed by atoms with Crippen molar-refractivity contribution >= 4 is 28.3 Å². The first-order chi connectivity index (χ1) is 16.3. The SMILES string of the molecule is CN(C)Cc1cncc(-c2ccc3[nH]nc(C(=O)Nc4ccnc(N5CC(F)(F)C5)c4)c3c2)c1. The van der Waals surface area contributed by atoms with E-state index in [4.69, 9.17) is 0 Å². The van der Waals surface area contributed by atoms with E-state index in [1.54, 1.807) is 18.3 Å². The maximum Gasteiger partial charge on any atom is 0.282 e. The van der Waals surface area contributed by atoms with Gasteiger partial charge in [-0.25, -0.2) is 13.8 Å². The summed E-state index contributed by atoms with van der Waals surface area (Å²) in [6.45, 7) is 0.00893. The number of carbonyl (C=O) groups excluding carboxylic acids is 1. The summed E-state index contributed by atoms with van der Waals surface area (Å²) in [6, 6.07) is 11.0. The minimum Gasteiger partial charge on any atom is -0.344 e. The van der Waals surface area contributed by atoms with Gasteiger partial charge in [0.1, 0.15) is 5.82 Å². The van der Waals surface area contributed by atoms with E-state index in [2.05, 4.69) is 36.4 Å². The summed E-state index contributed by atoms with van der Waals surface area (Å²) in [5.74, 6) is -2.72. The van der Waals surface area contributed by atoms with Crippen LogP contribution in [0.4, 0.5) is 20.3 Å². The van der Waals surface area contributed by atoms with Gasteiger partial charge in [0, 0.05) is 47.8 Å². The van der Waals surface area contributed by atoms with Crippen molar-refractivity contribution in [2.75, 3.05) is 37.4 Å². The summed E-state index contributed by atoms with van der Waals surface area (Å²) in [6.07, 6.45) is 5.11. The third kappa shape index (κ3) is 4.44. The highest BCUT2D eigenvalue weighted by atomic mass is 19.3. The van der Waals surface area contributed by atoms with Crippen LogP contribution in [0.1, 0.15) is 16.1 Å². The van der Waals surface area contributed by atoms with Gasteiger partial charge in [-0.15, -0.1) is 0 Å². The zero-order valence-corrected chi connectivity index (χ0v) is 18.7. The molecule has 10 heteroatoms. The van der Waals surface area contributed by atoms with Gasteiger partial charge in [0.15, 0.2) is 5.69 Å². The van der Waals surface area contributed by atoms with Crippen molar-refractivity contribution < 1.29 is 13.6 Å². The topological polar surface area (TPSA) is 90.0 Å². The third-order valence-electron chi connectivity index (χ3n) is 5.58. The van der Waals surface area contributed by atoms with E-state index in [1.165, 1.54) is 11.1 Å². The molecule has 0 atom stereocenters. The van der Waals surface area contributed by atoms with Crippen molar-refractivity contribution in [3.8, 4) is 11.1 Å². The molecule has 4 heterocycles. The zero-order chi connectivity index (χ0) is 23.9. The van der Waals surface area contributed by atoms with Crippen LogP contribution in [0, 0.1) is 0 Å². The Morgan fingerprint density at radius 2 is 1.97 bits per heavy atom. The molecule has 0 spiro atoms. The fourth-order valence-corrected chi connectivity index (χ4v) is 4.00. The number of pyridine rings is 2. The lowest BCUT2D eigenvalue weighted by Gasteiger charge is -2.39. The Morgan fingerprint density at radius 1 is 1.15 bits per heavy atom. The fraction of sp³-hybridized carbons (Fsp3) is 0.250. The van der Waals surface area contributed by atoms with E-state index in [0.717, 1.165) is 28.8 Å². The number of nitrogens with one attached hydrogen (secondary N) is 2. The van der Waals surface area contributed by atoms with Crippen molar-refractivity contribution in [2.24, 2.45) is 0 Å². The summed E-state index contributed by atoms with van der Waals surface area (Å²) in [4.78, 5) is 25.0. The Balaban J connectivity index is 1.39. The maximum absolute atomic E-state index is 13.2. The Kier molecular flexibility index (Phi) is 5.45. The number of carbonyl (C=O) groups is 1. The van der Waals surface area contributed by atoms with Gasteiger partial charge in [-0.2, -0.15) is 5.10 Å². The molecule has 3 aromatic heterocycles. The normalized spacial score (nSPS) is 14.9. The molecule has 1 aliphatic heterocycles. The second kappa shape index (κ2) is 8.45. The quantitative estimate of drug-likeness (QED) is 0.452. The van der Waals surface area contributed by atoms with Crippen molar-refractivity contribution in [3.05, 3.63) is 66.2 Å². The number of aromatic nitrogens is 4. The molecule has 1 aromatic carbocycles. The monoisotopic (exact) mass is 463 g/mol. The first-order valence-corrected chi connectivity index (χ1v) is 10.7. The average Bonchev–Trinajstić information content (AvgIpc) is 3.21. The third-order valence-corrected chi connectivity index (χ3v) is 5.58. The van der Waals surface area contributed by atoms with Crippen molar-refractivity contribution in [1.82, 2.24) is 25.1 Å². The fourth-order valence-electron chi connectivity index (χ4n) is 4.00. The van der Waals surface area contributed by atoms with Gasteiger partial charge in [0.2, 0.25) is 0 Å². The number of alkyl halides is 2. The minimum atomic E-state index is -2.70. The van der Waals surface area contributed by atoms with Gasteiger partial charge >= 0.3 is 0 Å². The van der Waals surface area contributed by atoms with E-state index < -0.39 is 11.8 Å². The molecule has 8 nitrogen and oxygen atoms in total. The van der Waals surface area contributed by atoms with Crippen LogP contribution < -0.4 is 10.2 Å². The van der Waals surface area contributed by atoms with Crippen molar-refractivity contribution in [2.45, 2.75) is 12.5 Å². The van der Waals surface area contributed by atoms with Crippen LogP contribution >= 0.6 is 0 Å². The summed E-state index contributed by atoms with van der Waals surface area (Å²) < 4.78 is 26.4. The molecule has 0 aliphatic carbocycles. The number of anilines is 2. The highest BCUT2D eigenvalue weighted by molar-refractivity contribution is 6.11. The number of amides is 1. The van der Waals surface area contributed by atoms with Crippen LogP contribution in [0.5, 0.6) is 0 Å². The molecule has 174 valence electrons.